The van der Waals surface area contributed by atoms with Crippen molar-refractivity contribution >= 4 is 29.9 Å². The maximum Gasteiger partial charge on any atom is 0.193 e. The first-order chi connectivity index (χ1) is 12.2. The van der Waals surface area contributed by atoms with Crippen LogP contribution in [-0.4, -0.2) is 75.3 Å². The topological polar surface area (TPSA) is 40.1 Å². The van der Waals surface area contributed by atoms with Crippen LogP contribution in [0.2, 0.25) is 0 Å². The number of likely N-dealkylation sites (N-methyl/N-ethyl adjacent to an activating group) is 1. The van der Waals surface area contributed by atoms with Gasteiger partial charge in [-0.25, -0.2) is 0 Å². The minimum Gasteiger partial charge on any atom is -0.379 e. The monoisotopic (exact) mass is 480 g/mol. The summed E-state index contributed by atoms with van der Waals surface area (Å²) in [6, 6.07) is 0. The summed E-state index contributed by atoms with van der Waals surface area (Å²) >= 11 is 0. The van der Waals surface area contributed by atoms with Gasteiger partial charge in [0.15, 0.2) is 5.96 Å². The number of aliphatic imine (C=N–C) groups is 1. The molecule has 0 spiro atoms. The van der Waals surface area contributed by atoms with E-state index in [0.717, 1.165) is 50.6 Å². The van der Waals surface area contributed by atoms with Crippen LogP contribution in [0, 0.1) is 11.8 Å². The lowest BCUT2D eigenvalue weighted by molar-refractivity contribution is 0.115. The summed E-state index contributed by atoms with van der Waals surface area (Å²) in [4.78, 5) is 9.61. The standard InChI is InChI=1S/C20H40N4O.HI/c1-4-21-20(23(3)15-16-25-17-19-7-8-19)22-11-5-6-12-24-13-9-18(2)10-14-24;/h18-19H,4-17H2,1-3H3,(H,21,22);1H. The SMILES string of the molecule is CCNC(=NCCCCN1CCC(C)CC1)N(C)CCOCC1CC1.I. The number of ether oxygens (including phenoxy) is 1. The van der Waals surface area contributed by atoms with Gasteiger partial charge in [-0.2, -0.15) is 0 Å². The molecule has 0 amide bonds. The molecule has 2 fully saturated rings. The quantitative estimate of drug-likeness (QED) is 0.213. The second-order valence-corrected chi connectivity index (χ2v) is 7.91. The van der Waals surface area contributed by atoms with Crippen molar-refractivity contribution in [2.24, 2.45) is 16.8 Å². The summed E-state index contributed by atoms with van der Waals surface area (Å²) in [5, 5.41) is 3.40. The first kappa shape index (κ1) is 24.0. The van der Waals surface area contributed by atoms with Gasteiger partial charge in [-0.1, -0.05) is 6.92 Å². The highest BCUT2D eigenvalue weighted by atomic mass is 127. The van der Waals surface area contributed by atoms with Crippen molar-refractivity contribution < 1.29 is 4.74 Å². The minimum atomic E-state index is 0. The first-order valence-corrected chi connectivity index (χ1v) is 10.5. The van der Waals surface area contributed by atoms with Crippen LogP contribution in [0.1, 0.15) is 52.4 Å². The molecule has 1 aliphatic heterocycles. The third-order valence-electron chi connectivity index (χ3n) is 5.34. The lowest BCUT2D eigenvalue weighted by atomic mass is 9.99. The smallest absolute Gasteiger partial charge is 0.193 e. The second-order valence-electron chi connectivity index (χ2n) is 7.91. The van der Waals surface area contributed by atoms with E-state index in [1.807, 2.05) is 0 Å². The summed E-state index contributed by atoms with van der Waals surface area (Å²) in [5.41, 5.74) is 0. The molecule has 154 valence electrons. The Hall–Kier alpha value is -0.0800. The largest absolute Gasteiger partial charge is 0.379 e. The molecule has 6 heteroatoms. The predicted molar refractivity (Wildman–Crippen MR) is 122 cm³/mol. The van der Waals surface area contributed by atoms with Gasteiger partial charge in [-0.05, 0) is 76.9 Å². The number of nitrogens with zero attached hydrogens (tertiary/aromatic N) is 3. The number of likely N-dealkylation sites (tertiary alicyclic amines) is 1. The number of hydrogen-bond acceptors (Lipinski definition) is 3. The van der Waals surface area contributed by atoms with Crippen molar-refractivity contribution in [3.63, 3.8) is 0 Å². The second kappa shape index (κ2) is 14.0. The Kier molecular flexibility index (Phi) is 12.9. The van der Waals surface area contributed by atoms with Gasteiger partial charge in [0.1, 0.15) is 0 Å². The van der Waals surface area contributed by atoms with E-state index in [2.05, 4.69) is 36.0 Å². The Morgan fingerprint density at radius 2 is 1.92 bits per heavy atom. The van der Waals surface area contributed by atoms with Gasteiger partial charge in [0.25, 0.3) is 0 Å². The summed E-state index contributed by atoms with van der Waals surface area (Å²) in [6.45, 7) is 12.8. The highest BCUT2D eigenvalue weighted by Crippen LogP contribution is 2.28. The number of unbranched alkanes of at least 4 members (excludes halogenated alkanes) is 1. The highest BCUT2D eigenvalue weighted by Gasteiger charge is 2.21. The van der Waals surface area contributed by atoms with Crippen molar-refractivity contribution in [1.82, 2.24) is 15.1 Å². The third kappa shape index (κ3) is 10.3. The van der Waals surface area contributed by atoms with E-state index in [0.29, 0.717) is 0 Å². The molecule has 0 aromatic carbocycles. The van der Waals surface area contributed by atoms with Gasteiger partial charge in [0, 0.05) is 33.3 Å². The zero-order valence-electron chi connectivity index (χ0n) is 17.2. The Bertz CT molecular complexity index is 382. The molecule has 0 radical (unpaired) electrons. The van der Waals surface area contributed by atoms with Gasteiger partial charge in [-0.15, -0.1) is 24.0 Å². The molecule has 0 aromatic heterocycles. The molecular weight excluding hydrogens is 439 g/mol. The van der Waals surface area contributed by atoms with Crippen LogP contribution in [-0.2, 0) is 4.74 Å². The zero-order chi connectivity index (χ0) is 17.9. The Balaban J connectivity index is 0.00000338. The molecule has 1 saturated carbocycles. The van der Waals surface area contributed by atoms with Crippen LogP contribution in [0.3, 0.4) is 0 Å². The number of hydrogen-bond donors (Lipinski definition) is 1. The van der Waals surface area contributed by atoms with Crippen molar-refractivity contribution in [2.75, 3.05) is 59.5 Å². The number of guanidine groups is 1. The molecule has 2 aliphatic rings. The molecule has 0 bridgehead atoms. The lowest BCUT2D eigenvalue weighted by Crippen LogP contribution is -2.40. The van der Waals surface area contributed by atoms with Crippen LogP contribution in [0.15, 0.2) is 4.99 Å². The number of halogens is 1. The normalized spacial score (nSPS) is 19.3. The van der Waals surface area contributed by atoms with E-state index in [4.69, 9.17) is 9.73 Å². The molecule has 0 unspecified atom stereocenters. The van der Waals surface area contributed by atoms with Crippen LogP contribution in [0.5, 0.6) is 0 Å². The van der Waals surface area contributed by atoms with E-state index in [9.17, 15) is 0 Å². The summed E-state index contributed by atoms with van der Waals surface area (Å²) in [7, 11) is 2.11. The van der Waals surface area contributed by atoms with E-state index in [1.165, 1.54) is 58.2 Å². The third-order valence-corrected chi connectivity index (χ3v) is 5.34. The molecule has 0 aromatic rings. The van der Waals surface area contributed by atoms with Gasteiger partial charge in [0.05, 0.1) is 6.61 Å². The van der Waals surface area contributed by atoms with E-state index >= 15 is 0 Å². The fourth-order valence-corrected chi connectivity index (χ4v) is 3.23. The first-order valence-electron chi connectivity index (χ1n) is 10.5. The lowest BCUT2D eigenvalue weighted by Gasteiger charge is -2.30. The average molecular weight is 480 g/mol. The molecule has 26 heavy (non-hydrogen) atoms. The fourth-order valence-electron chi connectivity index (χ4n) is 3.23. The van der Waals surface area contributed by atoms with E-state index in [1.54, 1.807) is 0 Å². The fraction of sp³-hybridized carbons (Fsp3) is 0.950. The minimum absolute atomic E-state index is 0. The number of piperidine rings is 1. The van der Waals surface area contributed by atoms with Crippen molar-refractivity contribution in [3.8, 4) is 0 Å². The molecule has 1 heterocycles. The summed E-state index contributed by atoms with van der Waals surface area (Å²) in [5.74, 6) is 2.78. The van der Waals surface area contributed by atoms with Crippen molar-refractivity contribution in [1.29, 1.82) is 0 Å². The Morgan fingerprint density at radius 3 is 2.58 bits per heavy atom. The Morgan fingerprint density at radius 1 is 1.19 bits per heavy atom. The molecule has 1 saturated heterocycles. The maximum atomic E-state index is 5.74. The average Bonchev–Trinajstić information content (AvgIpc) is 3.43. The molecule has 1 N–H and O–H groups in total. The van der Waals surface area contributed by atoms with Gasteiger partial charge in [0.2, 0.25) is 0 Å². The van der Waals surface area contributed by atoms with E-state index in [-0.39, 0.29) is 24.0 Å². The van der Waals surface area contributed by atoms with Crippen LogP contribution in [0.4, 0.5) is 0 Å². The molecule has 1 aliphatic carbocycles. The predicted octanol–water partition coefficient (Wildman–Crippen LogP) is 3.44. The van der Waals surface area contributed by atoms with Gasteiger partial charge < -0.3 is 19.9 Å². The van der Waals surface area contributed by atoms with Crippen molar-refractivity contribution in [2.45, 2.75) is 52.4 Å². The van der Waals surface area contributed by atoms with Crippen LogP contribution in [0.25, 0.3) is 0 Å². The molecule has 2 rings (SSSR count). The summed E-state index contributed by atoms with van der Waals surface area (Å²) in [6.07, 6.45) is 7.89. The van der Waals surface area contributed by atoms with Crippen LogP contribution >= 0.6 is 24.0 Å². The van der Waals surface area contributed by atoms with Gasteiger partial charge >= 0.3 is 0 Å². The van der Waals surface area contributed by atoms with Crippen molar-refractivity contribution in [3.05, 3.63) is 0 Å². The van der Waals surface area contributed by atoms with E-state index < -0.39 is 0 Å². The molecule has 5 nitrogen and oxygen atoms in total. The highest BCUT2D eigenvalue weighted by molar-refractivity contribution is 14.0. The van der Waals surface area contributed by atoms with Gasteiger partial charge in [-0.3, -0.25) is 4.99 Å². The maximum absolute atomic E-state index is 5.74. The van der Waals surface area contributed by atoms with Crippen LogP contribution < -0.4 is 5.32 Å². The number of nitrogens with one attached hydrogen (secondary N) is 1. The Labute approximate surface area is 178 Å². The zero-order valence-corrected chi connectivity index (χ0v) is 19.5. The molecule has 0 atom stereocenters. The number of rotatable bonds is 11. The summed E-state index contributed by atoms with van der Waals surface area (Å²) < 4.78 is 5.74. The molecular formula is C20H41IN4O.